The van der Waals surface area contributed by atoms with Crippen LogP contribution in [0.2, 0.25) is 0 Å². The zero-order valence-electron chi connectivity index (χ0n) is 15.9. The number of hydrogen-bond acceptors (Lipinski definition) is 3. The Morgan fingerprint density at radius 2 is 1.83 bits per heavy atom. The molecule has 1 aliphatic heterocycles. The van der Waals surface area contributed by atoms with E-state index in [1.807, 2.05) is 42.5 Å². The summed E-state index contributed by atoms with van der Waals surface area (Å²) in [5, 5.41) is 12.4. The minimum absolute atomic E-state index is 0.0211. The van der Waals surface area contributed by atoms with Crippen molar-refractivity contribution in [1.82, 2.24) is 20.2 Å². The van der Waals surface area contributed by atoms with Gasteiger partial charge in [0.25, 0.3) is 5.91 Å². The van der Waals surface area contributed by atoms with E-state index in [0.29, 0.717) is 24.0 Å². The lowest BCUT2D eigenvalue weighted by molar-refractivity contribution is 0.0951. The Hall–Kier alpha value is -3.35. The van der Waals surface area contributed by atoms with Gasteiger partial charge in [-0.1, -0.05) is 18.2 Å². The van der Waals surface area contributed by atoms with Crippen molar-refractivity contribution in [2.75, 3.05) is 6.54 Å². The predicted molar refractivity (Wildman–Crippen MR) is 109 cm³/mol. The first-order valence-corrected chi connectivity index (χ1v) is 9.99. The van der Waals surface area contributed by atoms with Crippen LogP contribution in [-0.4, -0.2) is 44.6 Å². The number of hydrogen-bond donors (Lipinski definition) is 3. The largest absolute Gasteiger partial charge is 0.465 e. The van der Waals surface area contributed by atoms with Crippen LogP contribution in [0.25, 0.3) is 22.2 Å². The van der Waals surface area contributed by atoms with Gasteiger partial charge in [-0.15, -0.1) is 0 Å². The lowest BCUT2D eigenvalue weighted by Gasteiger charge is -2.19. The van der Waals surface area contributed by atoms with Crippen LogP contribution in [0.4, 0.5) is 4.79 Å². The van der Waals surface area contributed by atoms with E-state index in [1.54, 1.807) is 0 Å². The van der Waals surface area contributed by atoms with Crippen molar-refractivity contribution in [2.45, 2.75) is 37.8 Å². The van der Waals surface area contributed by atoms with E-state index in [-0.39, 0.29) is 11.9 Å². The second kappa shape index (κ2) is 6.92. The minimum Gasteiger partial charge on any atom is -0.465 e. The number of aromatic amines is 1. The molecule has 29 heavy (non-hydrogen) atoms. The fourth-order valence-corrected chi connectivity index (χ4v) is 3.96. The maximum absolute atomic E-state index is 12.2. The Morgan fingerprint density at radius 3 is 2.55 bits per heavy atom. The molecule has 1 saturated carbocycles. The van der Waals surface area contributed by atoms with Crippen LogP contribution in [-0.2, 0) is 0 Å². The van der Waals surface area contributed by atoms with Crippen LogP contribution in [0.3, 0.4) is 0 Å². The molecule has 0 radical (unpaired) electrons. The van der Waals surface area contributed by atoms with Gasteiger partial charge in [0.2, 0.25) is 0 Å². The predicted octanol–water partition coefficient (Wildman–Crippen LogP) is 3.94. The molecule has 2 fully saturated rings. The molecule has 1 unspecified atom stereocenters. The van der Waals surface area contributed by atoms with Gasteiger partial charge < -0.3 is 15.4 Å². The minimum atomic E-state index is -0.903. The molecular weight excluding hydrogens is 368 g/mol. The molecule has 2 aromatic carbocycles. The third kappa shape index (κ3) is 3.44. The number of nitrogens with one attached hydrogen (secondary N) is 2. The van der Waals surface area contributed by atoms with E-state index < -0.39 is 6.09 Å². The first-order valence-electron chi connectivity index (χ1n) is 9.99. The molecule has 1 aliphatic carbocycles. The summed E-state index contributed by atoms with van der Waals surface area (Å²) in [5.74, 6) is 0.677. The average Bonchev–Trinajstić information content (AvgIpc) is 3.24. The number of likely N-dealkylation sites (tertiary alicyclic amines) is 1. The highest BCUT2D eigenvalue weighted by atomic mass is 16.4. The van der Waals surface area contributed by atoms with Crippen molar-refractivity contribution in [3.05, 3.63) is 53.9 Å². The second-order valence-corrected chi connectivity index (χ2v) is 7.81. The van der Waals surface area contributed by atoms with Crippen LogP contribution < -0.4 is 5.32 Å². The molecule has 1 aromatic heterocycles. The summed E-state index contributed by atoms with van der Waals surface area (Å²) in [5.41, 5.74) is 4.40. The Labute approximate surface area is 167 Å². The van der Waals surface area contributed by atoms with E-state index in [0.717, 1.165) is 47.8 Å². The smallest absolute Gasteiger partial charge is 0.407 e. The summed E-state index contributed by atoms with van der Waals surface area (Å²) in [6.07, 6.45) is 2.87. The number of imidazole rings is 1. The van der Waals surface area contributed by atoms with Crippen molar-refractivity contribution < 1.29 is 14.7 Å². The van der Waals surface area contributed by atoms with E-state index in [2.05, 4.69) is 15.3 Å². The number of carbonyl (C=O) groups is 2. The number of aromatic nitrogens is 2. The number of fused-ring (bicyclic) bond motifs is 1. The highest BCUT2D eigenvalue weighted by Crippen LogP contribution is 2.32. The monoisotopic (exact) mass is 390 g/mol. The van der Waals surface area contributed by atoms with Gasteiger partial charge >= 0.3 is 6.09 Å². The second-order valence-electron chi connectivity index (χ2n) is 7.81. The van der Waals surface area contributed by atoms with E-state index in [1.165, 1.54) is 4.90 Å². The maximum atomic E-state index is 12.2. The van der Waals surface area contributed by atoms with Gasteiger partial charge in [-0.3, -0.25) is 9.69 Å². The van der Waals surface area contributed by atoms with E-state index >= 15 is 0 Å². The first kappa shape index (κ1) is 17.7. The average molecular weight is 390 g/mol. The fourth-order valence-electron chi connectivity index (χ4n) is 3.96. The van der Waals surface area contributed by atoms with Crippen molar-refractivity contribution >= 4 is 23.0 Å². The lowest BCUT2D eigenvalue weighted by Crippen LogP contribution is -2.29. The fraction of sp³-hybridized carbons (Fsp3) is 0.318. The molecule has 3 aromatic rings. The normalized spacial score (nSPS) is 18.9. The number of H-pyrrole nitrogens is 1. The molecule has 5 rings (SSSR count). The molecular formula is C22H22N4O3. The lowest BCUT2D eigenvalue weighted by atomic mass is 10.0. The molecule has 1 saturated heterocycles. The molecule has 2 aliphatic rings. The summed E-state index contributed by atoms with van der Waals surface area (Å²) in [6, 6.07) is 13.7. The summed E-state index contributed by atoms with van der Waals surface area (Å²) in [6.45, 7) is 0.545. The van der Waals surface area contributed by atoms with Gasteiger partial charge in [-0.2, -0.15) is 0 Å². The van der Waals surface area contributed by atoms with Crippen molar-refractivity contribution in [2.24, 2.45) is 0 Å². The van der Waals surface area contributed by atoms with Crippen LogP contribution in [0.5, 0.6) is 0 Å². The highest BCUT2D eigenvalue weighted by molar-refractivity contribution is 5.95. The number of rotatable bonds is 4. The maximum Gasteiger partial charge on any atom is 0.407 e. The summed E-state index contributed by atoms with van der Waals surface area (Å²) >= 11 is 0. The van der Waals surface area contributed by atoms with Crippen molar-refractivity contribution in [1.29, 1.82) is 0 Å². The van der Waals surface area contributed by atoms with E-state index in [4.69, 9.17) is 0 Å². The Balaban J connectivity index is 1.39. The molecule has 2 heterocycles. The van der Waals surface area contributed by atoms with Gasteiger partial charge in [0.15, 0.2) is 0 Å². The van der Waals surface area contributed by atoms with Gasteiger partial charge in [-0.05, 0) is 61.1 Å². The highest BCUT2D eigenvalue weighted by Gasteiger charge is 2.32. The molecule has 7 nitrogen and oxygen atoms in total. The Bertz CT molecular complexity index is 1090. The molecule has 0 spiro atoms. The number of carboxylic acid groups (broad SMARTS) is 1. The quantitative estimate of drug-likeness (QED) is 0.628. The summed E-state index contributed by atoms with van der Waals surface area (Å²) in [4.78, 5) is 33.0. The third-order valence-electron chi connectivity index (χ3n) is 5.71. The van der Waals surface area contributed by atoms with Gasteiger partial charge in [0.1, 0.15) is 5.82 Å². The number of amides is 2. The van der Waals surface area contributed by atoms with Gasteiger partial charge in [0.05, 0.1) is 17.1 Å². The van der Waals surface area contributed by atoms with Crippen LogP contribution >= 0.6 is 0 Å². The van der Waals surface area contributed by atoms with Crippen LogP contribution in [0, 0.1) is 0 Å². The first-order chi connectivity index (χ1) is 14.1. The standard InChI is InChI=1S/C22H22N4O3/c27-21(23-16-8-9-16)14-5-3-13(4-6-14)15-7-10-17-18(12-15)25-20(24-17)19-2-1-11-26(19)22(28)29/h3-7,10,12,16,19H,1-2,8-9,11H2,(H,23,27)(H,24,25)(H,28,29). The van der Waals surface area contributed by atoms with Gasteiger partial charge in [0, 0.05) is 18.2 Å². The van der Waals surface area contributed by atoms with Crippen LogP contribution in [0.1, 0.15) is 47.9 Å². The molecule has 2 amide bonds. The van der Waals surface area contributed by atoms with Crippen molar-refractivity contribution in [3.8, 4) is 11.1 Å². The van der Waals surface area contributed by atoms with E-state index in [9.17, 15) is 14.7 Å². The number of carbonyl (C=O) groups excluding carboxylic acids is 1. The Kier molecular flexibility index (Phi) is 4.23. The van der Waals surface area contributed by atoms with Crippen LogP contribution in [0.15, 0.2) is 42.5 Å². The Morgan fingerprint density at radius 1 is 1.07 bits per heavy atom. The molecule has 0 bridgehead atoms. The molecule has 7 heteroatoms. The van der Waals surface area contributed by atoms with Gasteiger partial charge in [-0.25, -0.2) is 9.78 Å². The number of benzene rings is 2. The molecule has 148 valence electrons. The summed E-state index contributed by atoms with van der Waals surface area (Å²) in [7, 11) is 0. The zero-order valence-corrected chi connectivity index (χ0v) is 15.9. The summed E-state index contributed by atoms with van der Waals surface area (Å²) < 4.78 is 0. The number of nitrogens with zero attached hydrogens (tertiary/aromatic N) is 2. The third-order valence-corrected chi connectivity index (χ3v) is 5.71. The SMILES string of the molecule is O=C(NC1CC1)c1ccc(-c2ccc3nc(C4CCCN4C(=O)O)[nH]c3c2)cc1. The topological polar surface area (TPSA) is 98.3 Å². The zero-order chi connectivity index (χ0) is 20.0. The molecule has 1 atom stereocenters. The molecule has 3 N–H and O–H groups in total. The van der Waals surface area contributed by atoms with Crippen molar-refractivity contribution in [3.63, 3.8) is 0 Å².